The number of carbonyl (C=O) groups is 1. The quantitative estimate of drug-likeness (QED) is 0.844. The number of halogens is 1. The van der Waals surface area contributed by atoms with Crippen LogP contribution in [0.15, 0.2) is 24.3 Å². The zero-order valence-electron chi connectivity index (χ0n) is 11.0. The summed E-state index contributed by atoms with van der Waals surface area (Å²) in [5, 5.41) is 0. The van der Waals surface area contributed by atoms with Crippen molar-refractivity contribution in [3.8, 4) is 0 Å². The van der Waals surface area contributed by atoms with Gasteiger partial charge < -0.3 is 10.6 Å². The van der Waals surface area contributed by atoms with E-state index >= 15 is 0 Å². The molecule has 0 saturated carbocycles. The standard InChI is InChI=1S/C14H21FN2O/c1-11(2)10-17(8-4-7-16)14(18)12-5-3-6-13(15)9-12/h3,5-6,9,11H,4,7-8,10,16H2,1-2H3. The van der Waals surface area contributed by atoms with Crippen LogP contribution in [-0.2, 0) is 0 Å². The Balaban J connectivity index is 2.80. The van der Waals surface area contributed by atoms with Crippen LogP contribution in [0.1, 0.15) is 30.6 Å². The Bertz CT molecular complexity index is 393. The van der Waals surface area contributed by atoms with Crippen molar-refractivity contribution in [2.75, 3.05) is 19.6 Å². The van der Waals surface area contributed by atoms with E-state index < -0.39 is 0 Å². The number of benzene rings is 1. The summed E-state index contributed by atoms with van der Waals surface area (Å²) in [6, 6.07) is 5.81. The van der Waals surface area contributed by atoms with Crippen molar-refractivity contribution < 1.29 is 9.18 Å². The van der Waals surface area contributed by atoms with Crippen molar-refractivity contribution >= 4 is 5.91 Å². The van der Waals surface area contributed by atoms with E-state index in [1.807, 2.05) is 13.8 Å². The normalized spacial score (nSPS) is 10.7. The highest BCUT2D eigenvalue weighted by Gasteiger charge is 2.16. The van der Waals surface area contributed by atoms with Crippen LogP contribution in [-0.4, -0.2) is 30.4 Å². The van der Waals surface area contributed by atoms with E-state index in [9.17, 15) is 9.18 Å². The number of amides is 1. The van der Waals surface area contributed by atoms with Crippen LogP contribution in [0.25, 0.3) is 0 Å². The third kappa shape index (κ3) is 4.45. The molecule has 0 aliphatic carbocycles. The molecule has 4 heteroatoms. The van der Waals surface area contributed by atoms with Gasteiger partial charge in [-0.15, -0.1) is 0 Å². The van der Waals surface area contributed by atoms with Crippen LogP contribution in [0.2, 0.25) is 0 Å². The highest BCUT2D eigenvalue weighted by atomic mass is 19.1. The van der Waals surface area contributed by atoms with E-state index in [1.165, 1.54) is 12.1 Å². The molecule has 2 N–H and O–H groups in total. The summed E-state index contributed by atoms with van der Waals surface area (Å²) in [4.78, 5) is 14.0. The zero-order valence-corrected chi connectivity index (χ0v) is 11.0. The number of nitrogens with two attached hydrogens (primary N) is 1. The first-order chi connectivity index (χ1) is 8.54. The second-order valence-corrected chi connectivity index (χ2v) is 4.80. The van der Waals surface area contributed by atoms with Gasteiger partial charge in [-0.3, -0.25) is 4.79 Å². The van der Waals surface area contributed by atoms with Gasteiger partial charge in [0.1, 0.15) is 5.82 Å². The first-order valence-corrected chi connectivity index (χ1v) is 6.29. The molecule has 1 amide bonds. The van der Waals surface area contributed by atoms with Crippen LogP contribution < -0.4 is 5.73 Å². The van der Waals surface area contributed by atoms with Gasteiger partial charge in [-0.25, -0.2) is 4.39 Å². The van der Waals surface area contributed by atoms with E-state index in [0.29, 0.717) is 31.1 Å². The summed E-state index contributed by atoms with van der Waals surface area (Å²) in [5.74, 6) is -0.138. The topological polar surface area (TPSA) is 46.3 Å². The number of hydrogen-bond acceptors (Lipinski definition) is 2. The van der Waals surface area contributed by atoms with Crippen LogP contribution >= 0.6 is 0 Å². The number of nitrogens with zero attached hydrogens (tertiary/aromatic N) is 1. The molecular formula is C14H21FN2O. The van der Waals surface area contributed by atoms with Crippen LogP contribution in [0, 0.1) is 11.7 Å². The minimum Gasteiger partial charge on any atom is -0.338 e. The summed E-state index contributed by atoms with van der Waals surface area (Å²) in [7, 11) is 0. The largest absolute Gasteiger partial charge is 0.338 e. The van der Waals surface area contributed by atoms with Crippen molar-refractivity contribution in [1.82, 2.24) is 4.90 Å². The molecule has 0 radical (unpaired) electrons. The summed E-state index contributed by atoms with van der Waals surface area (Å²) in [5.41, 5.74) is 5.87. The molecule has 1 aromatic rings. The van der Waals surface area contributed by atoms with Crippen molar-refractivity contribution in [2.24, 2.45) is 11.7 Å². The lowest BCUT2D eigenvalue weighted by atomic mass is 10.1. The van der Waals surface area contributed by atoms with Crippen LogP contribution in [0.4, 0.5) is 4.39 Å². The lowest BCUT2D eigenvalue weighted by Crippen LogP contribution is -2.35. The van der Waals surface area contributed by atoms with Gasteiger partial charge in [0, 0.05) is 18.7 Å². The molecular weight excluding hydrogens is 231 g/mol. The van der Waals surface area contributed by atoms with Gasteiger partial charge in [0.25, 0.3) is 5.91 Å². The average Bonchev–Trinajstić information content (AvgIpc) is 2.33. The van der Waals surface area contributed by atoms with E-state index in [1.54, 1.807) is 17.0 Å². The Morgan fingerprint density at radius 2 is 2.17 bits per heavy atom. The highest BCUT2D eigenvalue weighted by molar-refractivity contribution is 5.94. The maximum absolute atomic E-state index is 13.1. The molecule has 18 heavy (non-hydrogen) atoms. The fourth-order valence-electron chi connectivity index (χ4n) is 1.80. The van der Waals surface area contributed by atoms with Crippen molar-refractivity contribution in [1.29, 1.82) is 0 Å². The third-order valence-corrected chi connectivity index (χ3v) is 2.58. The minimum absolute atomic E-state index is 0.128. The molecule has 0 spiro atoms. The fourth-order valence-corrected chi connectivity index (χ4v) is 1.80. The second-order valence-electron chi connectivity index (χ2n) is 4.80. The number of carbonyl (C=O) groups excluding carboxylic acids is 1. The molecule has 0 aliphatic rings. The molecule has 0 aromatic heterocycles. The first kappa shape index (κ1) is 14.6. The highest BCUT2D eigenvalue weighted by Crippen LogP contribution is 2.10. The van der Waals surface area contributed by atoms with Crippen molar-refractivity contribution in [2.45, 2.75) is 20.3 Å². The van der Waals surface area contributed by atoms with Crippen molar-refractivity contribution in [3.63, 3.8) is 0 Å². The summed E-state index contributed by atoms with van der Waals surface area (Å²) >= 11 is 0. The Morgan fingerprint density at radius 3 is 2.72 bits per heavy atom. The monoisotopic (exact) mass is 252 g/mol. The predicted octanol–water partition coefficient (Wildman–Crippen LogP) is 2.27. The molecule has 0 unspecified atom stereocenters. The molecule has 1 aromatic carbocycles. The average molecular weight is 252 g/mol. The van der Waals surface area contributed by atoms with Gasteiger partial charge in [0.15, 0.2) is 0 Å². The Labute approximate surface area is 108 Å². The van der Waals surface area contributed by atoms with E-state index in [2.05, 4.69) is 0 Å². The second kappa shape index (κ2) is 7.11. The van der Waals surface area contributed by atoms with Crippen molar-refractivity contribution in [3.05, 3.63) is 35.6 Å². The predicted molar refractivity (Wildman–Crippen MR) is 70.8 cm³/mol. The molecule has 0 saturated heterocycles. The smallest absolute Gasteiger partial charge is 0.253 e. The van der Waals surface area contributed by atoms with Gasteiger partial charge >= 0.3 is 0 Å². The summed E-state index contributed by atoms with van der Waals surface area (Å²) < 4.78 is 13.1. The van der Waals surface area contributed by atoms with Gasteiger partial charge in [-0.2, -0.15) is 0 Å². The molecule has 1 rings (SSSR count). The van der Waals surface area contributed by atoms with E-state index in [4.69, 9.17) is 5.73 Å². The Hall–Kier alpha value is -1.42. The van der Waals surface area contributed by atoms with Gasteiger partial charge in [-0.05, 0) is 37.1 Å². The van der Waals surface area contributed by atoms with E-state index in [0.717, 1.165) is 6.42 Å². The van der Waals surface area contributed by atoms with Crippen LogP contribution in [0.5, 0.6) is 0 Å². The number of rotatable bonds is 6. The minimum atomic E-state index is -0.385. The van der Waals surface area contributed by atoms with Gasteiger partial charge in [0.2, 0.25) is 0 Å². The molecule has 0 atom stereocenters. The maximum atomic E-state index is 13.1. The molecule has 0 heterocycles. The lowest BCUT2D eigenvalue weighted by molar-refractivity contribution is 0.0734. The third-order valence-electron chi connectivity index (χ3n) is 2.58. The van der Waals surface area contributed by atoms with Gasteiger partial charge in [-0.1, -0.05) is 19.9 Å². The molecule has 0 aliphatic heterocycles. The molecule has 100 valence electrons. The zero-order chi connectivity index (χ0) is 13.5. The Morgan fingerprint density at radius 1 is 1.44 bits per heavy atom. The summed E-state index contributed by atoms with van der Waals surface area (Å²) in [6.45, 7) is 5.92. The van der Waals surface area contributed by atoms with E-state index in [-0.39, 0.29) is 11.7 Å². The maximum Gasteiger partial charge on any atom is 0.253 e. The summed E-state index contributed by atoms with van der Waals surface area (Å²) in [6.07, 6.45) is 0.758. The van der Waals surface area contributed by atoms with Crippen LogP contribution in [0.3, 0.4) is 0 Å². The first-order valence-electron chi connectivity index (χ1n) is 6.29. The number of hydrogen-bond donors (Lipinski definition) is 1. The Kier molecular flexibility index (Phi) is 5.78. The molecule has 3 nitrogen and oxygen atoms in total. The lowest BCUT2D eigenvalue weighted by Gasteiger charge is -2.24. The SMILES string of the molecule is CC(C)CN(CCCN)C(=O)c1cccc(F)c1. The fraction of sp³-hybridized carbons (Fsp3) is 0.500. The van der Waals surface area contributed by atoms with Gasteiger partial charge in [0.05, 0.1) is 0 Å². The molecule has 0 bridgehead atoms. The molecule has 0 fully saturated rings.